The molecule has 0 radical (unpaired) electrons. The van der Waals surface area contributed by atoms with Gasteiger partial charge >= 0.3 is 6.18 Å². The highest BCUT2D eigenvalue weighted by atomic mass is 127. The van der Waals surface area contributed by atoms with Gasteiger partial charge in [0.1, 0.15) is 23.0 Å². The molecule has 11 heteroatoms. The van der Waals surface area contributed by atoms with Crippen molar-refractivity contribution in [2.75, 3.05) is 11.9 Å². The van der Waals surface area contributed by atoms with Crippen molar-refractivity contribution < 1.29 is 21.0 Å². The van der Waals surface area contributed by atoms with Gasteiger partial charge in [-0.25, -0.2) is 9.67 Å². The molecule has 0 unspecified atom stereocenters. The molecule has 0 spiro atoms. The number of anilines is 1. The number of rotatable bonds is 7. The lowest BCUT2D eigenvalue weighted by molar-refractivity contribution is -0.137. The highest BCUT2D eigenvalue weighted by Crippen LogP contribution is 2.31. The number of nitrogens with one attached hydrogen (secondary N) is 1. The lowest BCUT2D eigenvalue weighted by atomic mass is 10.1. The molecule has 30 heavy (non-hydrogen) atoms. The molecule has 3 aromatic rings. The second kappa shape index (κ2) is 9.48. The topological polar surface area (TPSA) is 69.0 Å². The predicted octanol–water partition coefficient (Wildman–Crippen LogP) is 5.81. The molecule has 1 N–H and O–H groups in total. The maximum absolute atomic E-state index is 12.7. The molecule has 3 rings (SSSR count). The van der Waals surface area contributed by atoms with Crippen LogP contribution in [0.2, 0.25) is 5.02 Å². The van der Waals surface area contributed by atoms with E-state index in [1.165, 1.54) is 18.3 Å². The van der Waals surface area contributed by atoms with Crippen LogP contribution < -0.4 is 5.32 Å². The molecule has 2 aromatic heterocycles. The van der Waals surface area contributed by atoms with Crippen LogP contribution in [-0.2, 0) is 15.8 Å². The molecule has 0 bridgehead atoms. The number of carbonyl (C=O) groups is 1. The van der Waals surface area contributed by atoms with Gasteiger partial charge in [0.05, 0.1) is 33.8 Å². The van der Waals surface area contributed by atoms with E-state index in [1.54, 1.807) is 11.6 Å². The number of amides is 1. The van der Waals surface area contributed by atoms with Crippen LogP contribution in [0.4, 0.5) is 18.9 Å². The average molecular weight is 553 g/mol. The van der Waals surface area contributed by atoms with Gasteiger partial charge in [0.25, 0.3) is 5.91 Å². The van der Waals surface area contributed by atoms with Crippen molar-refractivity contribution in [3.63, 3.8) is 0 Å². The van der Waals surface area contributed by atoms with Crippen molar-refractivity contribution in [2.24, 2.45) is 0 Å². The number of alkyl halides is 3. The molecule has 0 atom stereocenters. The predicted molar refractivity (Wildman–Crippen MR) is 116 cm³/mol. The highest BCUT2D eigenvalue weighted by Gasteiger charge is 2.30. The van der Waals surface area contributed by atoms with Gasteiger partial charge in [0.2, 0.25) is 0 Å². The number of fused-ring (bicyclic) bond motifs is 1. The van der Waals surface area contributed by atoms with Crippen LogP contribution in [0.1, 0.15) is 34.5 Å². The molecule has 1 amide bonds. The van der Waals surface area contributed by atoms with Crippen molar-refractivity contribution in [3.05, 3.63) is 52.3 Å². The molecule has 1 aromatic carbocycles. The Balaban J connectivity index is 1.81. The lowest BCUT2D eigenvalue weighted by Crippen LogP contribution is -2.14. The Morgan fingerprint density at radius 2 is 1.97 bits per heavy atom. The Labute approximate surface area is 189 Å². The summed E-state index contributed by atoms with van der Waals surface area (Å²) in [6.45, 7) is 3.05. The second-order valence-corrected chi connectivity index (χ2v) is 7.54. The van der Waals surface area contributed by atoms with E-state index in [0.717, 1.165) is 25.0 Å². The number of nitrogens with zero attached hydrogens (tertiary/aromatic N) is 3. The Morgan fingerprint density at radius 3 is 2.60 bits per heavy atom. The van der Waals surface area contributed by atoms with Gasteiger partial charge in [-0.3, -0.25) is 4.79 Å². The van der Waals surface area contributed by atoms with Gasteiger partial charge in [0.15, 0.2) is 5.65 Å². The fourth-order valence-electron chi connectivity index (χ4n) is 2.95. The summed E-state index contributed by atoms with van der Waals surface area (Å²) < 4.78 is 44.8. The van der Waals surface area contributed by atoms with Crippen LogP contribution >= 0.6 is 34.6 Å². The molecule has 0 fully saturated rings. The summed E-state index contributed by atoms with van der Waals surface area (Å²) in [4.78, 5) is 17.0. The number of halogens is 5. The Hall–Kier alpha value is -1.92. The standard InChI is InChI=1S/C19H17ClF3IN4O2/c1-11-15-16(20)14(10-25-17(15)28(27-11)8-2-3-9-30-24)18(29)26-13-6-4-12(5-7-13)19(21,22)23/h4-7,10H,2-3,8-9H2,1H3,(H,26,29). The number of unbranched alkanes of at least 4 members (excludes halogenated alkanes) is 1. The van der Waals surface area contributed by atoms with Crippen LogP contribution in [0, 0.1) is 6.92 Å². The first-order chi connectivity index (χ1) is 14.2. The van der Waals surface area contributed by atoms with Crippen molar-refractivity contribution >= 4 is 57.2 Å². The molecule has 0 aliphatic rings. The summed E-state index contributed by atoms with van der Waals surface area (Å²) in [5.74, 6) is -0.569. The zero-order valence-corrected chi connectivity index (χ0v) is 18.7. The number of pyridine rings is 1. The minimum absolute atomic E-state index is 0.116. The van der Waals surface area contributed by atoms with Crippen LogP contribution in [0.5, 0.6) is 0 Å². The number of aryl methyl sites for hydroxylation is 2. The normalized spacial score (nSPS) is 11.8. The Morgan fingerprint density at radius 1 is 1.27 bits per heavy atom. The molecular formula is C19H17ClF3IN4O2. The average Bonchev–Trinajstić information content (AvgIpc) is 3.01. The van der Waals surface area contributed by atoms with E-state index >= 15 is 0 Å². The minimum atomic E-state index is -4.44. The number of carbonyl (C=O) groups excluding carboxylic acids is 1. The number of aromatic nitrogens is 3. The van der Waals surface area contributed by atoms with Gasteiger partial charge in [0, 0.05) is 18.4 Å². The van der Waals surface area contributed by atoms with Crippen molar-refractivity contribution in [2.45, 2.75) is 32.5 Å². The monoisotopic (exact) mass is 552 g/mol. The maximum atomic E-state index is 12.7. The number of benzene rings is 1. The summed E-state index contributed by atoms with van der Waals surface area (Å²) in [5, 5.41) is 7.77. The van der Waals surface area contributed by atoms with Crippen molar-refractivity contribution in [1.29, 1.82) is 0 Å². The van der Waals surface area contributed by atoms with Gasteiger partial charge in [-0.15, -0.1) is 0 Å². The molecule has 0 aliphatic carbocycles. The summed E-state index contributed by atoms with van der Waals surface area (Å²) >= 11 is 8.31. The van der Waals surface area contributed by atoms with Crippen molar-refractivity contribution in [3.8, 4) is 0 Å². The van der Waals surface area contributed by atoms with E-state index in [9.17, 15) is 18.0 Å². The van der Waals surface area contributed by atoms with Crippen LogP contribution in [0.3, 0.4) is 0 Å². The molecule has 6 nitrogen and oxygen atoms in total. The zero-order chi connectivity index (χ0) is 21.9. The smallest absolute Gasteiger partial charge is 0.322 e. The summed E-state index contributed by atoms with van der Waals surface area (Å²) in [6.07, 6.45) is -1.39. The summed E-state index contributed by atoms with van der Waals surface area (Å²) in [7, 11) is 0. The zero-order valence-electron chi connectivity index (χ0n) is 15.8. The summed E-state index contributed by atoms with van der Waals surface area (Å²) in [5.41, 5.74) is 0.740. The third kappa shape index (κ3) is 5.03. The first kappa shape index (κ1) is 22.8. The third-order valence-corrected chi connectivity index (χ3v) is 5.26. The van der Waals surface area contributed by atoms with E-state index in [1.807, 2.05) is 23.0 Å². The quantitative estimate of drug-likeness (QED) is 0.297. The van der Waals surface area contributed by atoms with Gasteiger partial charge < -0.3 is 8.38 Å². The Kier molecular flexibility index (Phi) is 7.19. The fraction of sp³-hybridized carbons (Fsp3) is 0.316. The molecule has 0 saturated heterocycles. The van der Waals surface area contributed by atoms with E-state index in [4.69, 9.17) is 14.7 Å². The van der Waals surface area contributed by atoms with Gasteiger partial charge in [-0.1, -0.05) is 11.6 Å². The first-order valence-electron chi connectivity index (χ1n) is 8.96. The lowest BCUT2D eigenvalue weighted by Gasteiger charge is -2.10. The fourth-order valence-corrected chi connectivity index (χ4v) is 3.62. The Bertz CT molecular complexity index is 1050. The van der Waals surface area contributed by atoms with Crippen LogP contribution in [-0.4, -0.2) is 27.3 Å². The van der Waals surface area contributed by atoms with E-state index in [2.05, 4.69) is 15.4 Å². The molecule has 2 heterocycles. The van der Waals surface area contributed by atoms with Crippen molar-refractivity contribution in [1.82, 2.24) is 14.8 Å². The number of hydrogen-bond donors (Lipinski definition) is 1. The maximum Gasteiger partial charge on any atom is 0.416 e. The molecule has 160 valence electrons. The highest BCUT2D eigenvalue weighted by molar-refractivity contribution is 14.1. The van der Waals surface area contributed by atoms with E-state index in [0.29, 0.717) is 29.9 Å². The molecule has 0 aliphatic heterocycles. The number of hydrogen-bond acceptors (Lipinski definition) is 4. The van der Waals surface area contributed by atoms with Crippen LogP contribution in [0.25, 0.3) is 11.0 Å². The summed E-state index contributed by atoms with van der Waals surface area (Å²) in [6, 6.07) is 4.17. The third-order valence-electron chi connectivity index (χ3n) is 4.43. The first-order valence-corrected chi connectivity index (χ1v) is 10.2. The van der Waals surface area contributed by atoms with Gasteiger partial charge in [-0.05, 0) is 44.0 Å². The van der Waals surface area contributed by atoms with Crippen LogP contribution in [0.15, 0.2) is 30.5 Å². The molecular weight excluding hydrogens is 536 g/mol. The largest absolute Gasteiger partial charge is 0.416 e. The van der Waals surface area contributed by atoms with E-state index < -0.39 is 17.6 Å². The molecule has 0 saturated carbocycles. The second-order valence-electron chi connectivity index (χ2n) is 6.54. The van der Waals surface area contributed by atoms with E-state index in [-0.39, 0.29) is 16.3 Å². The van der Waals surface area contributed by atoms with Gasteiger partial charge in [-0.2, -0.15) is 18.3 Å². The SMILES string of the molecule is Cc1nn(CCCCOI)c2ncc(C(=O)Nc3ccc(C(F)(F)F)cc3)c(Cl)c12. The minimum Gasteiger partial charge on any atom is -0.322 e.